The molecule has 0 fully saturated rings. The summed E-state index contributed by atoms with van der Waals surface area (Å²) < 4.78 is 5.42. The summed E-state index contributed by atoms with van der Waals surface area (Å²) in [6.07, 6.45) is 0. The molecule has 2 aromatic rings. The molecule has 0 aliphatic heterocycles. The maximum Gasteiger partial charge on any atom is 0.276 e. The molecular weight excluding hydrogens is 296 g/mol. The molecule has 1 amide bonds. The average Bonchev–Trinajstić information content (AvgIpc) is 2.92. The number of amides is 1. The van der Waals surface area contributed by atoms with Crippen LogP contribution in [-0.4, -0.2) is 33.3 Å². The van der Waals surface area contributed by atoms with Crippen molar-refractivity contribution in [3.05, 3.63) is 34.4 Å². The third kappa shape index (κ3) is 4.28. The molecule has 0 aliphatic carbocycles. The number of nitro benzene ring substituents is 1. The van der Waals surface area contributed by atoms with Crippen molar-refractivity contribution in [3.63, 3.8) is 0 Å². The Morgan fingerprint density at radius 1 is 1.48 bits per heavy atom. The number of benzene rings is 1. The maximum atomic E-state index is 10.7. The number of carbonyl (C=O) groups excluding carboxylic acids is 1. The SMILES string of the molecule is CC(=O)NCCSc1nnc(-c2cccc([N+](=O)[O-])c2)o1. The number of aromatic nitrogens is 2. The van der Waals surface area contributed by atoms with Crippen LogP contribution in [0.2, 0.25) is 0 Å². The minimum atomic E-state index is -0.483. The van der Waals surface area contributed by atoms with Crippen molar-refractivity contribution < 1.29 is 14.1 Å². The van der Waals surface area contributed by atoms with Crippen LogP contribution in [0.15, 0.2) is 33.9 Å². The topological polar surface area (TPSA) is 111 Å². The zero-order valence-corrected chi connectivity index (χ0v) is 11.9. The molecule has 0 saturated carbocycles. The molecule has 2 rings (SSSR count). The van der Waals surface area contributed by atoms with Crippen LogP contribution >= 0.6 is 11.8 Å². The number of rotatable bonds is 6. The van der Waals surface area contributed by atoms with Crippen LogP contribution in [0.3, 0.4) is 0 Å². The van der Waals surface area contributed by atoms with E-state index in [0.29, 0.717) is 23.1 Å². The van der Waals surface area contributed by atoms with Crippen LogP contribution in [0, 0.1) is 10.1 Å². The van der Waals surface area contributed by atoms with Crippen LogP contribution in [0.5, 0.6) is 0 Å². The highest BCUT2D eigenvalue weighted by atomic mass is 32.2. The molecule has 0 saturated heterocycles. The molecule has 110 valence electrons. The quantitative estimate of drug-likeness (QED) is 0.375. The molecule has 8 nitrogen and oxygen atoms in total. The minimum Gasteiger partial charge on any atom is -0.411 e. The Morgan fingerprint density at radius 3 is 3.00 bits per heavy atom. The first-order chi connectivity index (χ1) is 10.1. The number of non-ortho nitro benzene ring substituents is 1. The highest BCUT2D eigenvalue weighted by Gasteiger charge is 2.12. The van der Waals surface area contributed by atoms with E-state index in [1.807, 2.05) is 0 Å². The number of nitrogens with one attached hydrogen (secondary N) is 1. The van der Waals surface area contributed by atoms with E-state index in [9.17, 15) is 14.9 Å². The van der Waals surface area contributed by atoms with Gasteiger partial charge in [0.2, 0.25) is 11.8 Å². The first-order valence-electron chi connectivity index (χ1n) is 6.02. The highest BCUT2D eigenvalue weighted by Crippen LogP contribution is 2.25. The van der Waals surface area contributed by atoms with Crippen LogP contribution < -0.4 is 5.32 Å². The van der Waals surface area contributed by atoms with E-state index in [4.69, 9.17) is 4.42 Å². The first kappa shape index (κ1) is 15.0. The van der Waals surface area contributed by atoms with Crippen molar-refractivity contribution in [3.8, 4) is 11.5 Å². The van der Waals surface area contributed by atoms with Gasteiger partial charge in [-0.1, -0.05) is 17.8 Å². The van der Waals surface area contributed by atoms with Crippen LogP contribution in [0.1, 0.15) is 6.92 Å². The Bertz CT molecular complexity index is 658. The molecule has 0 spiro atoms. The van der Waals surface area contributed by atoms with Gasteiger partial charge in [0.15, 0.2) is 0 Å². The Balaban J connectivity index is 2.01. The number of hydrogen-bond donors (Lipinski definition) is 1. The summed E-state index contributed by atoms with van der Waals surface area (Å²) >= 11 is 1.30. The summed E-state index contributed by atoms with van der Waals surface area (Å²) in [5.74, 6) is 0.718. The van der Waals surface area contributed by atoms with E-state index in [1.54, 1.807) is 12.1 Å². The van der Waals surface area contributed by atoms with Gasteiger partial charge >= 0.3 is 0 Å². The van der Waals surface area contributed by atoms with E-state index < -0.39 is 4.92 Å². The van der Waals surface area contributed by atoms with Crippen molar-refractivity contribution in [1.29, 1.82) is 0 Å². The van der Waals surface area contributed by atoms with Gasteiger partial charge in [0.05, 0.1) is 4.92 Å². The summed E-state index contributed by atoms with van der Waals surface area (Å²) in [7, 11) is 0. The van der Waals surface area contributed by atoms with Gasteiger partial charge < -0.3 is 9.73 Å². The van der Waals surface area contributed by atoms with Gasteiger partial charge in [-0.2, -0.15) is 0 Å². The summed E-state index contributed by atoms with van der Waals surface area (Å²) in [6.45, 7) is 1.94. The van der Waals surface area contributed by atoms with E-state index in [0.717, 1.165) is 0 Å². The predicted octanol–water partition coefficient (Wildman–Crippen LogP) is 1.87. The lowest BCUT2D eigenvalue weighted by Gasteiger charge is -1.98. The van der Waals surface area contributed by atoms with Gasteiger partial charge in [-0.05, 0) is 6.07 Å². The smallest absolute Gasteiger partial charge is 0.276 e. The molecule has 21 heavy (non-hydrogen) atoms. The largest absolute Gasteiger partial charge is 0.411 e. The van der Waals surface area contributed by atoms with E-state index >= 15 is 0 Å². The lowest BCUT2D eigenvalue weighted by molar-refractivity contribution is -0.384. The van der Waals surface area contributed by atoms with Crippen molar-refractivity contribution in [2.75, 3.05) is 12.3 Å². The zero-order valence-electron chi connectivity index (χ0n) is 11.1. The summed E-state index contributed by atoms with van der Waals surface area (Å²) in [4.78, 5) is 20.9. The molecule has 0 radical (unpaired) electrons. The molecule has 9 heteroatoms. The van der Waals surface area contributed by atoms with Crippen LogP contribution in [0.4, 0.5) is 5.69 Å². The minimum absolute atomic E-state index is 0.0365. The molecular formula is C12H12N4O4S. The number of nitro groups is 1. The Hall–Kier alpha value is -2.42. The number of thioether (sulfide) groups is 1. The number of hydrogen-bond acceptors (Lipinski definition) is 7. The van der Waals surface area contributed by atoms with Gasteiger partial charge in [0.1, 0.15) is 0 Å². The number of nitrogens with zero attached hydrogens (tertiary/aromatic N) is 3. The van der Waals surface area contributed by atoms with Gasteiger partial charge in [-0.3, -0.25) is 14.9 Å². The molecule has 0 unspecified atom stereocenters. The molecule has 1 N–H and O–H groups in total. The van der Waals surface area contributed by atoms with Gasteiger partial charge in [-0.15, -0.1) is 10.2 Å². The zero-order chi connectivity index (χ0) is 15.2. The van der Waals surface area contributed by atoms with E-state index in [-0.39, 0.29) is 17.5 Å². The average molecular weight is 308 g/mol. The second-order valence-electron chi connectivity index (χ2n) is 4.01. The van der Waals surface area contributed by atoms with Crippen molar-refractivity contribution in [2.24, 2.45) is 0 Å². The fraction of sp³-hybridized carbons (Fsp3) is 0.250. The van der Waals surface area contributed by atoms with Crippen molar-refractivity contribution in [2.45, 2.75) is 12.1 Å². The summed E-state index contributed by atoms with van der Waals surface area (Å²) in [5, 5.41) is 21.4. The molecule has 0 atom stereocenters. The van der Waals surface area contributed by atoms with E-state index in [1.165, 1.54) is 30.8 Å². The first-order valence-corrected chi connectivity index (χ1v) is 7.00. The fourth-order valence-electron chi connectivity index (χ4n) is 1.50. The summed E-state index contributed by atoms with van der Waals surface area (Å²) in [5.41, 5.74) is 0.455. The second kappa shape index (κ2) is 6.84. The van der Waals surface area contributed by atoms with Crippen LogP contribution in [0.25, 0.3) is 11.5 Å². The van der Waals surface area contributed by atoms with E-state index in [2.05, 4.69) is 15.5 Å². The molecule has 1 aromatic heterocycles. The monoisotopic (exact) mass is 308 g/mol. The van der Waals surface area contributed by atoms with Gasteiger partial charge in [0, 0.05) is 36.9 Å². The molecule has 0 bridgehead atoms. The van der Waals surface area contributed by atoms with Crippen molar-refractivity contribution >= 4 is 23.4 Å². The molecule has 0 aliphatic rings. The third-order valence-corrected chi connectivity index (χ3v) is 3.23. The Labute approximate surface area is 124 Å². The fourth-order valence-corrected chi connectivity index (χ4v) is 2.12. The standard InChI is InChI=1S/C12H12N4O4S/c1-8(17)13-5-6-21-12-15-14-11(20-12)9-3-2-4-10(7-9)16(18)19/h2-4,7H,5-6H2,1H3,(H,13,17). The highest BCUT2D eigenvalue weighted by molar-refractivity contribution is 7.99. The maximum absolute atomic E-state index is 10.7. The second-order valence-corrected chi connectivity index (χ2v) is 5.06. The lowest BCUT2D eigenvalue weighted by Crippen LogP contribution is -2.22. The Morgan fingerprint density at radius 2 is 2.29 bits per heavy atom. The third-order valence-electron chi connectivity index (χ3n) is 2.41. The summed E-state index contributed by atoms with van der Waals surface area (Å²) in [6, 6.07) is 5.98. The Kier molecular flexibility index (Phi) is 4.88. The van der Waals surface area contributed by atoms with Crippen molar-refractivity contribution in [1.82, 2.24) is 15.5 Å². The predicted molar refractivity (Wildman–Crippen MR) is 75.8 cm³/mol. The van der Waals surface area contributed by atoms with Gasteiger partial charge in [-0.25, -0.2) is 0 Å². The lowest BCUT2D eigenvalue weighted by atomic mass is 10.2. The molecule has 1 heterocycles. The normalized spacial score (nSPS) is 10.3. The number of carbonyl (C=O) groups is 1. The van der Waals surface area contributed by atoms with Gasteiger partial charge in [0.25, 0.3) is 10.9 Å². The molecule has 1 aromatic carbocycles. The van der Waals surface area contributed by atoms with Crippen LogP contribution in [-0.2, 0) is 4.79 Å².